The standard InChI is InChI=1S/C16H24O9/c1-7-21-11(17)10-9(8(2)3)16(25-24-15(10,6)20)12(18)22-14(4,5)23-13(16)19/h8-10,20H,7H2,1-6H3/t9-,10+,15+/m1/s1. The smallest absolute Gasteiger partial charge is 0.357 e. The summed E-state index contributed by atoms with van der Waals surface area (Å²) in [5.74, 6) is -9.47. The molecule has 3 atom stereocenters. The molecule has 0 aliphatic carbocycles. The zero-order chi connectivity index (χ0) is 19.2. The SMILES string of the molecule is CCOC(=O)[C@@H]1[C@@H](C(C)C)C2(OO[C@]1(C)O)C(=O)OC(C)(C)OC2=O. The summed E-state index contributed by atoms with van der Waals surface area (Å²) in [4.78, 5) is 47.8. The van der Waals surface area contributed by atoms with Crippen LogP contribution in [0.3, 0.4) is 0 Å². The molecule has 1 spiro atoms. The predicted molar refractivity (Wildman–Crippen MR) is 80.2 cm³/mol. The quantitative estimate of drug-likeness (QED) is 0.440. The van der Waals surface area contributed by atoms with Crippen LogP contribution in [0.25, 0.3) is 0 Å². The number of aliphatic hydroxyl groups is 1. The Balaban J connectivity index is 2.57. The van der Waals surface area contributed by atoms with Gasteiger partial charge < -0.3 is 19.3 Å². The Labute approximate surface area is 145 Å². The van der Waals surface area contributed by atoms with Crippen LogP contribution in [0.1, 0.15) is 41.5 Å². The van der Waals surface area contributed by atoms with Crippen molar-refractivity contribution in [1.82, 2.24) is 0 Å². The number of rotatable bonds is 3. The molecule has 0 aromatic heterocycles. The van der Waals surface area contributed by atoms with Crippen molar-refractivity contribution < 1.29 is 43.5 Å². The van der Waals surface area contributed by atoms with E-state index in [1.165, 1.54) is 20.8 Å². The molecule has 25 heavy (non-hydrogen) atoms. The van der Waals surface area contributed by atoms with E-state index in [2.05, 4.69) is 0 Å². The Kier molecular flexibility index (Phi) is 4.88. The average molecular weight is 360 g/mol. The first-order chi connectivity index (χ1) is 11.4. The predicted octanol–water partition coefficient (Wildman–Crippen LogP) is 0.683. The first-order valence-corrected chi connectivity index (χ1v) is 8.11. The Morgan fingerprint density at radius 1 is 1.16 bits per heavy atom. The van der Waals surface area contributed by atoms with Gasteiger partial charge >= 0.3 is 17.9 Å². The second-order valence-corrected chi connectivity index (χ2v) is 7.14. The van der Waals surface area contributed by atoms with Gasteiger partial charge in [0.15, 0.2) is 0 Å². The molecule has 142 valence electrons. The maximum Gasteiger partial charge on any atom is 0.357 e. The van der Waals surface area contributed by atoms with Crippen molar-refractivity contribution in [2.45, 2.75) is 58.7 Å². The molecular weight excluding hydrogens is 336 g/mol. The van der Waals surface area contributed by atoms with Gasteiger partial charge in [-0.25, -0.2) is 14.5 Å². The monoisotopic (exact) mass is 360 g/mol. The van der Waals surface area contributed by atoms with E-state index in [4.69, 9.17) is 24.0 Å². The van der Waals surface area contributed by atoms with Gasteiger partial charge in [0.1, 0.15) is 5.92 Å². The summed E-state index contributed by atoms with van der Waals surface area (Å²) in [7, 11) is 0. The fourth-order valence-electron chi connectivity index (χ4n) is 3.32. The maximum atomic E-state index is 12.7. The lowest BCUT2D eigenvalue weighted by Gasteiger charge is -2.51. The van der Waals surface area contributed by atoms with Gasteiger partial charge in [0.2, 0.25) is 5.79 Å². The molecule has 2 aliphatic heterocycles. The van der Waals surface area contributed by atoms with Crippen LogP contribution in [-0.4, -0.2) is 46.8 Å². The van der Waals surface area contributed by atoms with E-state index in [9.17, 15) is 19.5 Å². The molecule has 2 rings (SSSR count). The minimum atomic E-state index is -2.33. The molecule has 0 aromatic rings. The number of hydrogen-bond acceptors (Lipinski definition) is 9. The highest BCUT2D eigenvalue weighted by atomic mass is 17.2. The van der Waals surface area contributed by atoms with Crippen molar-refractivity contribution in [3.05, 3.63) is 0 Å². The van der Waals surface area contributed by atoms with Gasteiger partial charge in [-0.1, -0.05) is 13.8 Å². The molecule has 2 saturated heterocycles. The Hall–Kier alpha value is -1.71. The minimum absolute atomic E-state index is 0.0476. The van der Waals surface area contributed by atoms with Gasteiger partial charge in [-0.3, -0.25) is 4.79 Å². The Morgan fingerprint density at radius 3 is 2.12 bits per heavy atom. The summed E-state index contributed by atoms with van der Waals surface area (Å²) in [6.07, 6.45) is 0. The van der Waals surface area contributed by atoms with Crippen LogP contribution < -0.4 is 0 Å². The van der Waals surface area contributed by atoms with Crippen LogP contribution >= 0.6 is 0 Å². The molecule has 0 aromatic carbocycles. The number of carbonyl (C=O) groups excluding carboxylic acids is 3. The zero-order valence-electron chi connectivity index (χ0n) is 15.2. The molecule has 1 N–H and O–H groups in total. The molecular formula is C16H24O9. The van der Waals surface area contributed by atoms with E-state index in [-0.39, 0.29) is 6.61 Å². The first kappa shape index (κ1) is 19.6. The van der Waals surface area contributed by atoms with E-state index in [1.54, 1.807) is 20.8 Å². The summed E-state index contributed by atoms with van der Waals surface area (Å²) in [5.41, 5.74) is -2.33. The van der Waals surface area contributed by atoms with Gasteiger partial charge in [0, 0.05) is 19.8 Å². The Bertz CT molecular complexity index is 558. The summed E-state index contributed by atoms with van der Waals surface area (Å²) in [6.45, 7) is 8.96. The number of cyclic esters (lactones) is 2. The van der Waals surface area contributed by atoms with Crippen LogP contribution in [0.2, 0.25) is 0 Å². The number of esters is 3. The molecule has 2 aliphatic rings. The third-order valence-corrected chi connectivity index (χ3v) is 4.29. The molecule has 0 bridgehead atoms. The maximum absolute atomic E-state index is 12.7. The highest BCUT2D eigenvalue weighted by molar-refractivity contribution is 6.06. The van der Waals surface area contributed by atoms with Crippen molar-refractivity contribution in [2.24, 2.45) is 17.8 Å². The molecule has 0 radical (unpaired) electrons. The molecule has 9 heteroatoms. The second-order valence-electron chi connectivity index (χ2n) is 7.14. The van der Waals surface area contributed by atoms with E-state index >= 15 is 0 Å². The fraction of sp³-hybridized carbons (Fsp3) is 0.812. The molecule has 0 amide bonds. The number of ether oxygens (including phenoxy) is 3. The average Bonchev–Trinajstić information content (AvgIpc) is 2.43. The van der Waals surface area contributed by atoms with Crippen LogP contribution in [0, 0.1) is 17.8 Å². The van der Waals surface area contributed by atoms with Crippen molar-refractivity contribution in [3.8, 4) is 0 Å². The Morgan fingerprint density at radius 2 is 1.68 bits per heavy atom. The van der Waals surface area contributed by atoms with Crippen molar-refractivity contribution in [2.75, 3.05) is 6.61 Å². The van der Waals surface area contributed by atoms with Crippen LogP contribution in [0.4, 0.5) is 0 Å². The van der Waals surface area contributed by atoms with Crippen LogP contribution in [-0.2, 0) is 38.4 Å². The van der Waals surface area contributed by atoms with Crippen molar-refractivity contribution in [3.63, 3.8) is 0 Å². The van der Waals surface area contributed by atoms with E-state index in [0.717, 1.165) is 0 Å². The van der Waals surface area contributed by atoms with Gasteiger partial charge in [0.05, 0.1) is 6.61 Å². The van der Waals surface area contributed by atoms with Gasteiger partial charge in [-0.15, -0.1) is 0 Å². The molecule has 0 unspecified atom stereocenters. The largest absolute Gasteiger partial charge is 0.466 e. The highest BCUT2D eigenvalue weighted by Gasteiger charge is 2.72. The summed E-state index contributed by atoms with van der Waals surface area (Å²) < 4.78 is 15.3. The highest BCUT2D eigenvalue weighted by Crippen LogP contribution is 2.49. The topological polar surface area (TPSA) is 118 Å². The third-order valence-electron chi connectivity index (χ3n) is 4.29. The minimum Gasteiger partial charge on any atom is -0.466 e. The van der Waals surface area contributed by atoms with Gasteiger partial charge in [-0.2, -0.15) is 4.89 Å². The summed E-state index contributed by atoms with van der Waals surface area (Å²) >= 11 is 0. The van der Waals surface area contributed by atoms with E-state index < -0.39 is 52.8 Å². The van der Waals surface area contributed by atoms with Crippen LogP contribution in [0.15, 0.2) is 0 Å². The first-order valence-electron chi connectivity index (χ1n) is 8.11. The lowest BCUT2D eigenvalue weighted by atomic mass is 9.67. The molecule has 9 nitrogen and oxygen atoms in total. The lowest BCUT2D eigenvalue weighted by Crippen LogP contribution is -2.72. The van der Waals surface area contributed by atoms with E-state index in [1.807, 2.05) is 0 Å². The molecule has 0 saturated carbocycles. The van der Waals surface area contributed by atoms with Crippen molar-refractivity contribution >= 4 is 17.9 Å². The van der Waals surface area contributed by atoms with Crippen LogP contribution in [0.5, 0.6) is 0 Å². The lowest BCUT2D eigenvalue weighted by molar-refractivity contribution is -0.497. The van der Waals surface area contributed by atoms with E-state index in [0.29, 0.717) is 0 Å². The summed E-state index contributed by atoms with van der Waals surface area (Å²) in [6, 6.07) is 0. The summed E-state index contributed by atoms with van der Waals surface area (Å²) in [5, 5.41) is 10.5. The number of hydrogen-bond donors (Lipinski definition) is 1. The molecule has 2 fully saturated rings. The van der Waals surface area contributed by atoms with Gasteiger partial charge in [0.25, 0.3) is 11.4 Å². The second kappa shape index (κ2) is 6.22. The van der Waals surface area contributed by atoms with Crippen molar-refractivity contribution in [1.29, 1.82) is 0 Å². The fourth-order valence-corrected chi connectivity index (χ4v) is 3.32. The molecule has 2 heterocycles. The normalized spacial score (nSPS) is 33.8. The third kappa shape index (κ3) is 3.11. The zero-order valence-corrected chi connectivity index (χ0v) is 15.2. The van der Waals surface area contributed by atoms with Gasteiger partial charge in [-0.05, 0) is 19.8 Å². The number of carbonyl (C=O) groups is 3.